The largest absolute Gasteiger partial charge is 0.393 e. The number of unbranched alkanes of at least 4 members (excludes halogenated alkanes) is 1. The molecule has 3 heteroatoms. The fraction of sp³-hybridized carbons (Fsp3) is 1.00. The van der Waals surface area contributed by atoms with Crippen molar-refractivity contribution in [2.75, 3.05) is 6.61 Å². The Labute approximate surface area is 74.4 Å². The van der Waals surface area contributed by atoms with Crippen LogP contribution in [0, 0.1) is 0 Å². The Balaban J connectivity index is 3.26. The van der Waals surface area contributed by atoms with Crippen molar-refractivity contribution in [1.82, 2.24) is 0 Å². The molecule has 0 saturated heterocycles. The van der Waals surface area contributed by atoms with Crippen LogP contribution in [0.4, 0.5) is 0 Å². The number of aliphatic hydroxyl groups excluding tert-OH is 2. The molecule has 0 unspecified atom stereocenters. The van der Waals surface area contributed by atoms with E-state index in [2.05, 4.69) is 6.92 Å². The van der Waals surface area contributed by atoms with Crippen molar-refractivity contribution in [3.63, 3.8) is 0 Å². The van der Waals surface area contributed by atoms with Gasteiger partial charge >= 0.3 is 0 Å². The molecule has 0 aromatic carbocycles. The van der Waals surface area contributed by atoms with Crippen LogP contribution in [0.25, 0.3) is 0 Å². The van der Waals surface area contributed by atoms with Crippen LogP contribution in [0.15, 0.2) is 0 Å². The van der Waals surface area contributed by atoms with Crippen molar-refractivity contribution < 1.29 is 14.9 Å². The molecule has 0 heterocycles. The predicted octanol–water partition coefficient (Wildman–Crippen LogP) is 1.28. The molecule has 0 aromatic heterocycles. The lowest BCUT2D eigenvalue weighted by atomic mass is 10.2. The second-order valence-electron chi connectivity index (χ2n) is 2.98. The normalized spacial score (nSPS) is 16.0. The summed E-state index contributed by atoms with van der Waals surface area (Å²) in [4.78, 5) is 0. The highest BCUT2D eigenvalue weighted by atomic mass is 16.6. The Bertz CT molecular complexity index is 95.8. The SMILES string of the molecule is CCCCO[C@@H](O)C[C@@H](O)CC. The van der Waals surface area contributed by atoms with Crippen molar-refractivity contribution >= 4 is 0 Å². The van der Waals surface area contributed by atoms with Gasteiger partial charge in [-0.3, -0.25) is 0 Å². The molecule has 0 bridgehead atoms. The molecule has 0 spiro atoms. The van der Waals surface area contributed by atoms with Crippen LogP contribution in [0.1, 0.15) is 39.5 Å². The summed E-state index contributed by atoms with van der Waals surface area (Å²) in [5.74, 6) is 0. The van der Waals surface area contributed by atoms with E-state index >= 15 is 0 Å². The van der Waals surface area contributed by atoms with Gasteiger partial charge in [0.1, 0.15) is 0 Å². The van der Waals surface area contributed by atoms with Crippen LogP contribution in [-0.2, 0) is 4.74 Å². The first-order valence-electron chi connectivity index (χ1n) is 4.68. The molecule has 0 radical (unpaired) electrons. The van der Waals surface area contributed by atoms with Gasteiger partial charge in [-0.1, -0.05) is 20.3 Å². The van der Waals surface area contributed by atoms with E-state index in [-0.39, 0.29) is 0 Å². The summed E-state index contributed by atoms with van der Waals surface area (Å²) in [5.41, 5.74) is 0. The molecule has 74 valence electrons. The van der Waals surface area contributed by atoms with Crippen LogP contribution >= 0.6 is 0 Å². The van der Waals surface area contributed by atoms with Gasteiger partial charge in [0.15, 0.2) is 6.29 Å². The molecule has 0 saturated carbocycles. The highest BCUT2D eigenvalue weighted by molar-refractivity contribution is 4.54. The molecule has 0 aliphatic carbocycles. The Kier molecular flexibility index (Phi) is 7.45. The van der Waals surface area contributed by atoms with E-state index in [4.69, 9.17) is 9.84 Å². The average molecular weight is 176 g/mol. The van der Waals surface area contributed by atoms with Crippen molar-refractivity contribution in [2.24, 2.45) is 0 Å². The van der Waals surface area contributed by atoms with Crippen molar-refractivity contribution in [3.8, 4) is 0 Å². The standard InChI is InChI=1S/C9H20O3/c1-3-5-6-12-9(11)7-8(10)4-2/h8-11H,3-7H2,1-2H3/t8-,9+/m0/s1. The first-order chi connectivity index (χ1) is 5.70. The topological polar surface area (TPSA) is 49.7 Å². The van der Waals surface area contributed by atoms with Crippen LogP contribution in [0.3, 0.4) is 0 Å². The minimum atomic E-state index is -0.800. The van der Waals surface area contributed by atoms with Gasteiger partial charge < -0.3 is 14.9 Å². The third kappa shape index (κ3) is 6.58. The van der Waals surface area contributed by atoms with E-state index in [1.807, 2.05) is 6.92 Å². The minimum absolute atomic E-state index is 0.320. The highest BCUT2D eigenvalue weighted by Gasteiger charge is 2.09. The number of ether oxygens (including phenoxy) is 1. The molecule has 3 nitrogen and oxygen atoms in total. The number of rotatable bonds is 7. The predicted molar refractivity (Wildman–Crippen MR) is 47.8 cm³/mol. The van der Waals surface area contributed by atoms with Crippen LogP contribution in [0.2, 0.25) is 0 Å². The lowest BCUT2D eigenvalue weighted by Gasteiger charge is -2.14. The summed E-state index contributed by atoms with van der Waals surface area (Å²) in [6.45, 7) is 4.52. The third-order valence-corrected chi connectivity index (χ3v) is 1.75. The first kappa shape index (κ1) is 11.9. The maximum atomic E-state index is 9.20. The zero-order valence-corrected chi connectivity index (χ0v) is 7.99. The second-order valence-corrected chi connectivity index (χ2v) is 2.98. The summed E-state index contributed by atoms with van der Waals surface area (Å²) in [6.07, 6.45) is 1.75. The van der Waals surface area contributed by atoms with Gasteiger partial charge in [-0.15, -0.1) is 0 Å². The number of hydrogen-bond acceptors (Lipinski definition) is 3. The van der Waals surface area contributed by atoms with Gasteiger partial charge in [-0.2, -0.15) is 0 Å². The van der Waals surface area contributed by atoms with Gasteiger partial charge in [0.2, 0.25) is 0 Å². The van der Waals surface area contributed by atoms with Crippen molar-refractivity contribution in [1.29, 1.82) is 0 Å². The van der Waals surface area contributed by atoms with Crippen molar-refractivity contribution in [2.45, 2.75) is 51.9 Å². The second kappa shape index (κ2) is 7.53. The van der Waals surface area contributed by atoms with Gasteiger partial charge in [-0.25, -0.2) is 0 Å². The lowest BCUT2D eigenvalue weighted by molar-refractivity contribution is -0.120. The van der Waals surface area contributed by atoms with E-state index in [1.165, 1.54) is 0 Å². The molecule has 0 fully saturated rings. The summed E-state index contributed by atoms with van der Waals surface area (Å²) >= 11 is 0. The molecule has 0 aromatic rings. The molecule has 0 amide bonds. The minimum Gasteiger partial charge on any atom is -0.393 e. The summed E-state index contributed by atoms with van der Waals surface area (Å²) in [7, 11) is 0. The van der Waals surface area contributed by atoms with Crippen LogP contribution in [0.5, 0.6) is 0 Å². The number of hydrogen-bond donors (Lipinski definition) is 2. The van der Waals surface area contributed by atoms with Gasteiger partial charge in [0, 0.05) is 13.0 Å². The van der Waals surface area contributed by atoms with Gasteiger partial charge in [0.05, 0.1) is 6.10 Å². The molecule has 0 aliphatic heterocycles. The fourth-order valence-corrected chi connectivity index (χ4v) is 0.831. The Morgan fingerprint density at radius 3 is 2.42 bits per heavy atom. The Hall–Kier alpha value is -0.120. The monoisotopic (exact) mass is 176 g/mol. The van der Waals surface area contributed by atoms with E-state index in [1.54, 1.807) is 0 Å². The maximum absolute atomic E-state index is 9.20. The molecule has 12 heavy (non-hydrogen) atoms. The molecular formula is C9H20O3. The van der Waals surface area contributed by atoms with E-state index in [0.717, 1.165) is 12.8 Å². The summed E-state index contributed by atoms with van der Waals surface area (Å²) < 4.78 is 5.05. The Morgan fingerprint density at radius 1 is 1.25 bits per heavy atom. The van der Waals surface area contributed by atoms with Crippen LogP contribution in [-0.4, -0.2) is 29.2 Å². The zero-order chi connectivity index (χ0) is 9.40. The molecule has 2 N–H and O–H groups in total. The van der Waals surface area contributed by atoms with Crippen LogP contribution < -0.4 is 0 Å². The molecule has 0 aliphatic rings. The highest BCUT2D eigenvalue weighted by Crippen LogP contribution is 2.03. The zero-order valence-electron chi connectivity index (χ0n) is 7.99. The lowest BCUT2D eigenvalue weighted by Crippen LogP contribution is -2.20. The molecule has 0 rings (SSSR count). The van der Waals surface area contributed by atoms with Crippen molar-refractivity contribution in [3.05, 3.63) is 0 Å². The molecular weight excluding hydrogens is 156 g/mol. The third-order valence-electron chi connectivity index (χ3n) is 1.75. The van der Waals surface area contributed by atoms with Gasteiger partial charge in [0.25, 0.3) is 0 Å². The van der Waals surface area contributed by atoms with Gasteiger partial charge in [-0.05, 0) is 12.8 Å². The first-order valence-corrected chi connectivity index (χ1v) is 4.68. The average Bonchev–Trinajstić information content (AvgIpc) is 2.05. The maximum Gasteiger partial charge on any atom is 0.156 e. The van der Waals surface area contributed by atoms with E-state index in [0.29, 0.717) is 19.4 Å². The quantitative estimate of drug-likeness (QED) is 0.454. The molecule has 2 atom stereocenters. The number of aliphatic hydroxyl groups is 2. The fourth-order valence-electron chi connectivity index (χ4n) is 0.831. The van der Waals surface area contributed by atoms with E-state index in [9.17, 15) is 5.11 Å². The smallest absolute Gasteiger partial charge is 0.156 e. The Morgan fingerprint density at radius 2 is 1.92 bits per heavy atom. The van der Waals surface area contributed by atoms with E-state index < -0.39 is 12.4 Å². The summed E-state index contributed by atoms with van der Waals surface area (Å²) in [6, 6.07) is 0. The summed E-state index contributed by atoms with van der Waals surface area (Å²) in [5, 5.41) is 18.3.